The largest absolute Gasteiger partial charge is 0.495 e. The molecule has 0 unspecified atom stereocenters. The molecule has 1 fully saturated rings. The second kappa shape index (κ2) is 9.69. The fourth-order valence-electron chi connectivity index (χ4n) is 3.53. The lowest BCUT2D eigenvalue weighted by molar-refractivity contribution is -0.115. The number of nitrogens with zero attached hydrogens (tertiary/aromatic N) is 3. The summed E-state index contributed by atoms with van der Waals surface area (Å²) in [6, 6.07) is 11.8. The summed E-state index contributed by atoms with van der Waals surface area (Å²) in [5.74, 6) is 0.691. The number of methoxy groups -OCH3 is 1. The number of sulfonamides is 1. The highest BCUT2D eigenvalue weighted by Crippen LogP contribution is 2.29. The number of nitrogens with one attached hydrogen (secondary N) is 1. The summed E-state index contributed by atoms with van der Waals surface area (Å²) in [5.41, 5.74) is 1.68. The Morgan fingerprint density at radius 2 is 1.94 bits per heavy atom. The first kappa shape index (κ1) is 22.9. The van der Waals surface area contributed by atoms with Crippen LogP contribution in [0.5, 0.6) is 5.75 Å². The zero-order valence-electron chi connectivity index (χ0n) is 18.3. The number of aryl methyl sites for hydroxylation is 1. The number of anilines is 1. The number of hydrogen-bond donors (Lipinski definition) is 1. The van der Waals surface area contributed by atoms with Gasteiger partial charge in [0.05, 0.1) is 32.4 Å². The molecule has 3 aromatic rings. The minimum Gasteiger partial charge on any atom is -0.495 e. The van der Waals surface area contributed by atoms with Crippen LogP contribution in [0.15, 0.2) is 51.9 Å². The average molecular weight is 473 g/mol. The van der Waals surface area contributed by atoms with Crippen molar-refractivity contribution in [3.05, 3.63) is 53.9 Å². The van der Waals surface area contributed by atoms with Gasteiger partial charge in [0, 0.05) is 25.6 Å². The maximum atomic E-state index is 13.2. The van der Waals surface area contributed by atoms with Gasteiger partial charge < -0.3 is 19.3 Å². The molecule has 10 nitrogen and oxygen atoms in total. The molecule has 4 rings (SSSR count). The molecule has 1 aliphatic heterocycles. The van der Waals surface area contributed by atoms with Gasteiger partial charge >= 0.3 is 0 Å². The van der Waals surface area contributed by atoms with E-state index in [0.717, 1.165) is 0 Å². The summed E-state index contributed by atoms with van der Waals surface area (Å²) in [5, 5.41) is 6.76. The molecule has 1 aromatic heterocycles. The molecule has 0 aliphatic carbocycles. The van der Waals surface area contributed by atoms with E-state index in [2.05, 4.69) is 15.5 Å². The molecule has 2 aromatic carbocycles. The summed E-state index contributed by atoms with van der Waals surface area (Å²) in [4.78, 5) is 17.0. The van der Waals surface area contributed by atoms with Gasteiger partial charge in [-0.05, 0) is 29.8 Å². The van der Waals surface area contributed by atoms with E-state index in [1.165, 1.54) is 17.5 Å². The molecule has 33 heavy (non-hydrogen) atoms. The summed E-state index contributed by atoms with van der Waals surface area (Å²) in [7, 11) is -2.38. The number of hydrogen-bond acceptors (Lipinski definition) is 8. The zero-order chi connectivity index (χ0) is 23.4. The summed E-state index contributed by atoms with van der Waals surface area (Å²) in [6.45, 7) is 2.89. The maximum absolute atomic E-state index is 13.2. The predicted octanol–water partition coefficient (Wildman–Crippen LogP) is 2.26. The van der Waals surface area contributed by atoms with E-state index >= 15 is 0 Å². The molecule has 0 radical (unpaired) electrons. The molecule has 0 saturated carbocycles. The SMILES string of the molecule is COc1ccc(CC(=O)Nc2ccccc2-c2noc(C)n2)cc1S(=O)(=O)N1CCOCC1. The van der Waals surface area contributed by atoms with Gasteiger partial charge in [0.2, 0.25) is 27.6 Å². The number of benzene rings is 2. The number of carbonyl (C=O) groups is 1. The van der Waals surface area contributed by atoms with E-state index < -0.39 is 10.0 Å². The van der Waals surface area contributed by atoms with Crippen molar-refractivity contribution in [2.24, 2.45) is 0 Å². The van der Waals surface area contributed by atoms with E-state index in [4.69, 9.17) is 14.0 Å². The number of carbonyl (C=O) groups excluding carboxylic acids is 1. The number of morpholine rings is 1. The standard InChI is InChI=1S/C22H24N4O6S/c1-15-23-22(25-32-15)17-5-3-4-6-18(17)24-21(27)14-16-7-8-19(30-2)20(13-16)33(28,29)26-9-11-31-12-10-26/h3-8,13H,9-12,14H2,1-2H3,(H,24,27). The minimum absolute atomic E-state index is 0.0277. The monoisotopic (exact) mass is 472 g/mol. The highest BCUT2D eigenvalue weighted by molar-refractivity contribution is 7.89. The van der Waals surface area contributed by atoms with Gasteiger partial charge in [-0.3, -0.25) is 4.79 Å². The van der Waals surface area contributed by atoms with Crippen LogP contribution in [0.3, 0.4) is 0 Å². The Balaban J connectivity index is 1.55. The fourth-order valence-corrected chi connectivity index (χ4v) is 5.15. The normalized spacial score (nSPS) is 14.7. The third kappa shape index (κ3) is 5.05. The van der Waals surface area contributed by atoms with Crippen LogP contribution in [0.1, 0.15) is 11.5 Å². The van der Waals surface area contributed by atoms with E-state index in [1.807, 2.05) is 6.07 Å². The van der Waals surface area contributed by atoms with E-state index in [0.29, 0.717) is 41.7 Å². The number of para-hydroxylation sites is 1. The molecule has 2 heterocycles. The lowest BCUT2D eigenvalue weighted by atomic mass is 10.1. The molecule has 174 valence electrons. The number of ether oxygens (including phenoxy) is 2. The van der Waals surface area contributed by atoms with E-state index in [9.17, 15) is 13.2 Å². The van der Waals surface area contributed by atoms with Crippen LogP contribution in [0.2, 0.25) is 0 Å². The first-order valence-corrected chi connectivity index (χ1v) is 11.8. The van der Waals surface area contributed by atoms with Crippen molar-refractivity contribution < 1.29 is 27.2 Å². The first-order valence-electron chi connectivity index (χ1n) is 10.3. The number of amides is 1. The number of aromatic nitrogens is 2. The van der Waals surface area contributed by atoms with Crippen LogP contribution < -0.4 is 10.1 Å². The quantitative estimate of drug-likeness (QED) is 0.555. The van der Waals surface area contributed by atoms with Crippen LogP contribution in [-0.4, -0.2) is 62.2 Å². The number of rotatable bonds is 7. The predicted molar refractivity (Wildman–Crippen MR) is 119 cm³/mol. The van der Waals surface area contributed by atoms with Gasteiger partial charge in [-0.15, -0.1) is 0 Å². The van der Waals surface area contributed by atoms with Crippen molar-refractivity contribution in [2.75, 3.05) is 38.7 Å². The third-order valence-corrected chi connectivity index (χ3v) is 7.07. The highest BCUT2D eigenvalue weighted by Gasteiger charge is 2.29. The van der Waals surface area contributed by atoms with Crippen molar-refractivity contribution in [1.82, 2.24) is 14.4 Å². The van der Waals surface area contributed by atoms with Crippen molar-refractivity contribution in [3.63, 3.8) is 0 Å². The molecule has 1 amide bonds. The van der Waals surface area contributed by atoms with Gasteiger partial charge in [0.1, 0.15) is 10.6 Å². The molecule has 1 N–H and O–H groups in total. The Kier molecular flexibility index (Phi) is 6.72. The smallest absolute Gasteiger partial charge is 0.246 e. The van der Waals surface area contributed by atoms with E-state index in [1.54, 1.807) is 37.3 Å². The molecule has 11 heteroatoms. The summed E-state index contributed by atoms with van der Waals surface area (Å²) < 4.78 is 43.3. The molecule has 0 atom stereocenters. The van der Waals surface area contributed by atoms with Crippen molar-refractivity contribution in [1.29, 1.82) is 0 Å². The Labute approximate surface area is 191 Å². The lowest BCUT2D eigenvalue weighted by Crippen LogP contribution is -2.40. The van der Waals surface area contributed by atoms with Crippen molar-refractivity contribution in [2.45, 2.75) is 18.2 Å². The Morgan fingerprint density at radius 1 is 1.18 bits per heavy atom. The topological polar surface area (TPSA) is 124 Å². The van der Waals surface area contributed by atoms with E-state index in [-0.39, 0.29) is 36.1 Å². The van der Waals surface area contributed by atoms with Crippen molar-refractivity contribution >= 4 is 21.6 Å². The third-order valence-electron chi connectivity index (χ3n) is 5.15. The Hall–Kier alpha value is -3.28. The second-order valence-electron chi connectivity index (χ2n) is 7.41. The maximum Gasteiger partial charge on any atom is 0.246 e. The van der Waals surface area contributed by atoms with Gasteiger partial charge in [0.25, 0.3) is 0 Å². The first-order chi connectivity index (χ1) is 15.9. The fraction of sp³-hybridized carbons (Fsp3) is 0.318. The van der Waals surface area contributed by atoms with Crippen LogP contribution in [0.25, 0.3) is 11.4 Å². The van der Waals surface area contributed by atoms with Gasteiger partial charge in [-0.25, -0.2) is 8.42 Å². The zero-order valence-corrected chi connectivity index (χ0v) is 19.1. The second-order valence-corrected chi connectivity index (χ2v) is 9.32. The Morgan fingerprint density at radius 3 is 2.64 bits per heavy atom. The lowest BCUT2D eigenvalue weighted by Gasteiger charge is -2.26. The average Bonchev–Trinajstić information content (AvgIpc) is 3.26. The molecule has 0 bridgehead atoms. The van der Waals surface area contributed by atoms with Crippen molar-refractivity contribution in [3.8, 4) is 17.1 Å². The summed E-state index contributed by atoms with van der Waals surface area (Å²) in [6.07, 6.45) is -0.0325. The van der Waals surface area contributed by atoms with Crippen LogP contribution in [-0.2, 0) is 26.0 Å². The molecule has 1 saturated heterocycles. The van der Waals surface area contributed by atoms with Gasteiger partial charge in [0.15, 0.2) is 0 Å². The minimum atomic E-state index is -3.79. The highest BCUT2D eigenvalue weighted by atomic mass is 32.2. The van der Waals surface area contributed by atoms with Crippen LogP contribution in [0.4, 0.5) is 5.69 Å². The molecule has 1 aliphatic rings. The van der Waals surface area contributed by atoms with Gasteiger partial charge in [-0.2, -0.15) is 9.29 Å². The molecular formula is C22H24N4O6S. The summed E-state index contributed by atoms with van der Waals surface area (Å²) >= 11 is 0. The molecular weight excluding hydrogens is 448 g/mol. The Bertz CT molecular complexity index is 1250. The molecule has 0 spiro atoms. The van der Waals surface area contributed by atoms with Crippen LogP contribution in [0, 0.1) is 6.92 Å². The van der Waals surface area contributed by atoms with Gasteiger partial charge in [-0.1, -0.05) is 23.4 Å². The van der Waals surface area contributed by atoms with Crippen LogP contribution >= 0.6 is 0 Å².